The fraction of sp³-hybridized carbons (Fsp3) is 0.350. The zero-order valence-corrected chi connectivity index (χ0v) is 14.1. The lowest BCUT2D eigenvalue weighted by Gasteiger charge is -2.17. The molecular formula is C20H22N2O3. The molecule has 0 aromatic heterocycles. The molecule has 130 valence electrons. The highest BCUT2D eigenvalue weighted by molar-refractivity contribution is 6.00. The monoisotopic (exact) mass is 338 g/mol. The van der Waals surface area contributed by atoms with Crippen molar-refractivity contribution in [2.75, 3.05) is 32.0 Å². The van der Waals surface area contributed by atoms with Crippen molar-refractivity contribution in [3.63, 3.8) is 0 Å². The maximum Gasteiger partial charge on any atom is 0.180 e. The second kappa shape index (κ2) is 6.76. The van der Waals surface area contributed by atoms with Gasteiger partial charge in [0.25, 0.3) is 0 Å². The number of ether oxygens (including phenoxy) is 2. The number of hydrogen-bond acceptors (Lipinski definition) is 5. The summed E-state index contributed by atoms with van der Waals surface area (Å²) in [7, 11) is 0. The van der Waals surface area contributed by atoms with Crippen molar-refractivity contribution in [1.29, 1.82) is 0 Å². The van der Waals surface area contributed by atoms with E-state index in [-0.39, 0.29) is 11.9 Å². The number of rotatable bonds is 5. The van der Waals surface area contributed by atoms with Crippen LogP contribution in [-0.4, -0.2) is 43.0 Å². The minimum absolute atomic E-state index is 0.0901. The summed E-state index contributed by atoms with van der Waals surface area (Å²) in [5.41, 5.74) is 8.32. The molecule has 2 N–H and O–H groups in total. The number of benzene rings is 2. The molecule has 1 saturated heterocycles. The number of ketones is 1. The number of likely N-dealkylation sites (tertiary alicyclic amines) is 1. The van der Waals surface area contributed by atoms with Gasteiger partial charge >= 0.3 is 0 Å². The average molecular weight is 338 g/mol. The lowest BCUT2D eigenvalue weighted by atomic mass is 10.0. The van der Waals surface area contributed by atoms with Gasteiger partial charge in [0.15, 0.2) is 5.78 Å². The molecule has 1 atom stereocenters. The molecule has 2 aromatic carbocycles. The smallest absolute Gasteiger partial charge is 0.180 e. The van der Waals surface area contributed by atoms with Gasteiger partial charge in [-0.1, -0.05) is 18.2 Å². The van der Waals surface area contributed by atoms with Crippen molar-refractivity contribution in [1.82, 2.24) is 4.90 Å². The van der Waals surface area contributed by atoms with Crippen LogP contribution in [0.1, 0.15) is 22.3 Å². The second-order valence-electron chi connectivity index (χ2n) is 6.65. The molecule has 0 unspecified atom stereocenters. The number of anilines is 1. The Morgan fingerprint density at radius 1 is 1.28 bits per heavy atom. The van der Waals surface area contributed by atoms with Crippen molar-refractivity contribution >= 4 is 11.5 Å². The molecule has 2 aliphatic heterocycles. The number of carbonyl (C=O) groups is 1. The Morgan fingerprint density at radius 3 is 3.04 bits per heavy atom. The van der Waals surface area contributed by atoms with E-state index in [4.69, 9.17) is 15.2 Å². The third-order valence-corrected chi connectivity index (χ3v) is 4.77. The van der Waals surface area contributed by atoms with E-state index in [9.17, 15) is 4.79 Å². The van der Waals surface area contributed by atoms with Crippen LogP contribution >= 0.6 is 0 Å². The fourth-order valence-electron chi connectivity index (χ4n) is 3.54. The third kappa shape index (κ3) is 3.46. The molecule has 4 rings (SSSR count). The topological polar surface area (TPSA) is 64.8 Å². The quantitative estimate of drug-likeness (QED) is 0.670. The molecule has 25 heavy (non-hydrogen) atoms. The second-order valence-corrected chi connectivity index (χ2v) is 6.65. The van der Waals surface area contributed by atoms with Crippen molar-refractivity contribution in [2.24, 2.45) is 0 Å². The molecule has 1 fully saturated rings. The first-order valence-electron chi connectivity index (χ1n) is 8.71. The van der Waals surface area contributed by atoms with Crippen LogP contribution in [0, 0.1) is 0 Å². The minimum atomic E-state index is 0.0901. The van der Waals surface area contributed by atoms with E-state index in [0.29, 0.717) is 24.4 Å². The molecule has 0 aliphatic carbocycles. The van der Waals surface area contributed by atoms with Gasteiger partial charge in [0.1, 0.15) is 17.6 Å². The van der Waals surface area contributed by atoms with E-state index in [1.165, 1.54) is 0 Å². The van der Waals surface area contributed by atoms with Gasteiger partial charge in [0, 0.05) is 31.3 Å². The molecule has 5 nitrogen and oxygen atoms in total. The van der Waals surface area contributed by atoms with Gasteiger partial charge in [-0.2, -0.15) is 0 Å². The fourth-order valence-corrected chi connectivity index (χ4v) is 3.54. The molecule has 2 aromatic rings. The lowest BCUT2D eigenvalue weighted by Crippen LogP contribution is -2.30. The van der Waals surface area contributed by atoms with E-state index in [2.05, 4.69) is 4.90 Å². The van der Waals surface area contributed by atoms with Gasteiger partial charge < -0.3 is 15.2 Å². The highest BCUT2D eigenvalue weighted by Gasteiger charge is 2.27. The first kappa shape index (κ1) is 16.0. The van der Waals surface area contributed by atoms with Gasteiger partial charge in [-0.3, -0.25) is 9.69 Å². The number of nitrogen functional groups attached to an aromatic ring is 1. The van der Waals surface area contributed by atoms with E-state index in [0.717, 1.165) is 43.0 Å². The van der Waals surface area contributed by atoms with Crippen molar-refractivity contribution in [3.05, 3.63) is 53.6 Å². The van der Waals surface area contributed by atoms with Crippen LogP contribution in [0.4, 0.5) is 5.69 Å². The summed E-state index contributed by atoms with van der Waals surface area (Å²) >= 11 is 0. The highest BCUT2D eigenvalue weighted by Crippen LogP contribution is 2.30. The summed E-state index contributed by atoms with van der Waals surface area (Å²) in [5, 5.41) is 0. The van der Waals surface area contributed by atoms with Gasteiger partial charge in [-0.05, 0) is 30.2 Å². The summed E-state index contributed by atoms with van der Waals surface area (Å²) < 4.78 is 11.6. The largest absolute Gasteiger partial charge is 0.492 e. The Balaban J connectivity index is 1.37. The minimum Gasteiger partial charge on any atom is -0.492 e. The van der Waals surface area contributed by atoms with Crippen molar-refractivity contribution in [3.8, 4) is 11.5 Å². The predicted molar refractivity (Wildman–Crippen MR) is 96.3 cm³/mol. The maximum atomic E-state index is 12.7. The van der Waals surface area contributed by atoms with Crippen LogP contribution in [-0.2, 0) is 6.42 Å². The van der Waals surface area contributed by atoms with Gasteiger partial charge in [-0.15, -0.1) is 0 Å². The van der Waals surface area contributed by atoms with Crippen LogP contribution in [0.25, 0.3) is 0 Å². The predicted octanol–water partition coefficient (Wildman–Crippen LogP) is 2.54. The van der Waals surface area contributed by atoms with Crippen LogP contribution < -0.4 is 15.2 Å². The molecule has 2 heterocycles. The van der Waals surface area contributed by atoms with E-state index < -0.39 is 0 Å². The number of carbonyl (C=O) groups excluding carboxylic acids is 1. The first-order valence-corrected chi connectivity index (χ1v) is 8.71. The van der Waals surface area contributed by atoms with Crippen LogP contribution in [0.15, 0.2) is 42.5 Å². The Kier molecular flexibility index (Phi) is 4.32. The zero-order chi connectivity index (χ0) is 17.2. The number of hydrogen-bond donors (Lipinski definition) is 1. The summed E-state index contributed by atoms with van der Waals surface area (Å²) in [4.78, 5) is 14.8. The molecule has 5 heteroatoms. The Hall–Kier alpha value is -2.53. The van der Waals surface area contributed by atoms with E-state index >= 15 is 0 Å². The number of nitrogens with zero attached hydrogens (tertiary/aromatic N) is 1. The number of para-hydroxylation sites is 1. The molecule has 0 saturated carbocycles. The zero-order valence-electron chi connectivity index (χ0n) is 14.1. The summed E-state index contributed by atoms with van der Waals surface area (Å²) in [6.45, 7) is 2.67. The number of nitrogens with two attached hydrogens (primary N) is 1. The van der Waals surface area contributed by atoms with Crippen molar-refractivity contribution < 1.29 is 14.3 Å². The standard InChI is InChI=1S/C20H22N2O3/c21-15-4-2-5-16(11-15)25-17-7-9-22(12-17)13-19(23)18-6-1-3-14-8-10-24-20(14)18/h1-6,11,17H,7-10,12-13,21H2/t17-/m0/s1. The normalized spacial score (nSPS) is 19.4. The Bertz CT molecular complexity index is 790. The maximum absolute atomic E-state index is 12.7. The third-order valence-electron chi connectivity index (χ3n) is 4.77. The number of fused-ring (bicyclic) bond motifs is 1. The Labute approximate surface area is 147 Å². The van der Waals surface area contributed by atoms with Crippen molar-refractivity contribution in [2.45, 2.75) is 18.9 Å². The highest BCUT2D eigenvalue weighted by atomic mass is 16.5. The van der Waals surface area contributed by atoms with Crippen LogP contribution in [0.5, 0.6) is 11.5 Å². The molecule has 2 aliphatic rings. The molecule has 0 spiro atoms. The molecular weight excluding hydrogens is 316 g/mol. The van der Waals surface area contributed by atoms with Crippen LogP contribution in [0.2, 0.25) is 0 Å². The summed E-state index contributed by atoms with van der Waals surface area (Å²) in [6, 6.07) is 13.3. The summed E-state index contributed by atoms with van der Waals surface area (Å²) in [6.07, 6.45) is 1.88. The lowest BCUT2D eigenvalue weighted by molar-refractivity contribution is 0.0934. The molecule has 0 bridgehead atoms. The Morgan fingerprint density at radius 2 is 2.16 bits per heavy atom. The van der Waals surface area contributed by atoms with Gasteiger partial charge in [-0.25, -0.2) is 0 Å². The average Bonchev–Trinajstić information content (AvgIpc) is 3.23. The molecule has 0 amide bonds. The van der Waals surface area contributed by atoms with Gasteiger partial charge in [0.2, 0.25) is 0 Å². The van der Waals surface area contributed by atoms with E-state index in [1.54, 1.807) is 0 Å². The van der Waals surface area contributed by atoms with E-state index in [1.807, 2.05) is 42.5 Å². The first-order chi connectivity index (χ1) is 12.2. The molecule has 0 radical (unpaired) electrons. The van der Waals surface area contributed by atoms with Crippen LogP contribution in [0.3, 0.4) is 0 Å². The SMILES string of the molecule is Nc1cccc(O[C@H]2CCN(CC(=O)c3cccc4c3OCC4)C2)c1. The summed E-state index contributed by atoms with van der Waals surface area (Å²) in [5.74, 6) is 1.68. The number of Topliss-reactive ketones (excluding diaryl/α,β-unsaturated/α-hetero) is 1. The van der Waals surface area contributed by atoms with Gasteiger partial charge in [0.05, 0.1) is 18.7 Å².